The fourth-order valence-electron chi connectivity index (χ4n) is 1.62. The summed E-state index contributed by atoms with van der Waals surface area (Å²) >= 11 is 0. The van der Waals surface area contributed by atoms with Crippen LogP contribution in [-0.4, -0.2) is 12.2 Å². The number of hydrogen-bond acceptors (Lipinski definition) is 3. The summed E-state index contributed by atoms with van der Waals surface area (Å²) in [5, 5.41) is 17.3. The zero-order valence-electron chi connectivity index (χ0n) is 5.77. The third-order valence-corrected chi connectivity index (χ3v) is 2.20. The summed E-state index contributed by atoms with van der Waals surface area (Å²) in [6.45, 7) is 0. The highest BCUT2D eigenvalue weighted by Crippen LogP contribution is 2.37. The first kappa shape index (κ1) is 6.39. The van der Waals surface area contributed by atoms with Crippen LogP contribution in [0.25, 0.3) is 0 Å². The Morgan fingerprint density at radius 2 is 1.45 bits per heavy atom. The maximum Gasteiger partial charge on any atom is 0.0948 e. The first-order chi connectivity index (χ1) is 5.36. The van der Waals surface area contributed by atoms with Gasteiger partial charge in [0.05, 0.1) is 36.2 Å². The number of fused-ring (bicyclic) bond motifs is 2. The van der Waals surface area contributed by atoms with Gasteiger partial charge in [0.25, 0.3) is 0 Å². The Labute approximate surface area is 64.5 Å². The summed E-state index contributed by atoms with van der Waals surface area (Å²) in [5.41, 5.74) is 0. The van der Waals surface area contributed by atoms with Crippen LogP contribution in [0, 0.1) is 34.5 Å². The molecule has 4 atom stereocenters. The predicted octanol–water partition coefficient (Wildman–Crippen LogP) is 0.603. The lowest BCUT2D eigenvalue weighted by Crippen LogP contribution is -2.20. The predicted molar refractivity (Wildman–Crippen MR) is 36.0 cm³/mol. The zero-order valence-corrected chi connectivity index (χ0v) is 5.77. The molecule has 2 bridgehead atoms. The minimum atomic E-state index is -0.255. The van der Waals surface area contributed by atoms with Gasteiger partial charge >= 0.3 is 0 Å². The standard InChI is InChI=1S/C8H6N2O/c9-3-5-6(4-10)8-2-1-7(5)11-8/h1-2,5-8H/t5-,6-,7-,8+/m0/s1. The van der Waals surface area contributed by atoms with Crippen LogP contribution in [0.1, 0.15) is 0 Å². The van der Waals surface area contributed by atoms with Gasteiger partial charge < -0.3 is 4.74 Å². The van der Waals surface area contributed by atoms with E-state index >= 15 is 0 Å². The van der Waals surface area contributed by atoms with Crippen LogP contribution in [0.3, 0.4) is 0 Å². The molecule has 0 amide bonds. The lowest BCUT2D eigenvalue weighted by Gasteiger charge is -2.10. The van der Waals surface area contributed by atoms with Gasteiger partial charge in [-0.3, -0.25) is 0 Å². The molecule has 0 aromatic rings. The van der Waals surface area contributed by atoms with E-state index in [9.17, 15) is 0 Å². The lowest BCUT2D eigenvalue weighted by molar-refractivity contribution is 0.110. The number of nitriles is 2. The molecule has 0 spiro atoms. The molecule has 3 nitrogen and oxygen atoms in total. The van der Waals surface area contributed by atoms with Crippen molar-refractivity contribution < 1.29 is 4.74 Å². The van der Waals surface area contributed by atoms with E-state index in [4.69, 9.17) is 15.3 Å². The van der Waals surface area contributed by atoms with Crippen molar-refractivity contribution in [1.82, 2.24) is 0 Å². The summed E-state index contributed by atoms with van der Waals surface area (Å²) in [7, 11) is 0. The van der Waals surface area contributed by atoms with Gasteiger partial charge in [0.2, 0.25) is 0 Å². The number of hydrogen-bond donors (Lipinski definition) is 0. The molecule has 2 rings (SSSR count). The van der Waals surface area contributed by atoms with Crippen molar-refractivity contribution >= 4 is 0 Å². The quantitative estimate of drug-likeness (QED) is 0.470. The largest absolute Gasteiger partial charge is 0.364 e. The van der Waals surface area contributed by atoms with Crippen molar-refractivity contribution in [2.75, 3.05) is 0 Å². The molecule has 0 saturated carbocycles. The van der Waals surface area contributed by atoms with E-state index in [1.165, 1.54) is 0 Å². The van der Waals surface area contributed by atoms with Crippen molar-refractivity contribution in [3.8, 4) is 12.1 Å². The van der Waals surface area contributed by atoms with Crippen LogP contribution < -0.4 is 0 Å². The lowest BCUT2D eigenvalue weighted by atomic mass is 9.85. The second-order valence-electron chi connectivity index (χ2n) is 2.76. The topological polar surface area (TPSA) is 56.8 Å². The molecule has 3 heteroatoms. The molecule has 1 fully saturated rings. The van der Waals surface area contributed by atoms with E-state index in [-0.39, 0.29) is 24.0 Å². The molecule has 2 aliphatic heterocycles. The maximum absolute atomic E-state index is 8.67. The first-order valence-electron chi connectivity index (χ1n) is 3.50. The highest BCUT2D eigenvalue weighted by molar-refractivity contribution is 5.23. The minimum Gasteiger partial charge on any atom is -0.364 e. The van der Waals surface area contributed by atoms with Crippen LogP contribution in [0.2, 0.25) is 0 Å². The molecule has 2 aliphatic rings. The van der Waals surface area contributed by atoms with E-state index in [1.54, 1.807) is 0 Å². The molecule has 0 aliphatic carbocycles. The molecule has 2 heterocycles. The van der Waals surface area contributed by atoms with Crippen molar-refractivity contribution in [3.05, 3.63) is 12.2 Å². The van der Waals surface area contributed by atoms with E-state index in [0.717, 1.165) is 0 Å². The third-order valence-electron chi connectivity index (χ3n) is 2.20. The molecular weight excluding hydrogens is 140 g/mol. The summed E-state index contributed by atoms with van der Waals surface area (Å²) in [6, 6.07) is 4.20. The highest BCUT2D eigenvalue weighted by Gasteiger charge is 2.46. The summed E-state index contributed by atoms with van der Waals surface area (Å²) in [6.07, 6.45) is 3.47. The van der Waals surface area contributed by atoms with Crippen molar-refractivity contribution in [2.24, 2.45) is 11.8 Å². The molecular formula is C8H6N2O. The second kappa shape index (κ2) is 2.08. The van der Waals surface area contributed by atoms with Gasteiger partial charge in [0.1, 0.15) is 0 Å². The van der Waals surface area contributed by atoms with Gasteiger partial charge in [0, 0.05) is 0 Å². The van der Waals surface area contributed by atoms with Crippen molar-refractivity contribution in [2.45, 2.75) is 12.2 Å². The molecule has 0 aromatic carbocycles. The highest BCUT2D eigenvalue weighted by atomic mass is 16.5. The van der Waals surface area contributed by atoms with Crippen LogP contribution in [0.4, 0.5) is 0 Å². The fourth-order valence-corrected chi connectivity index (χ4v) is 1.62. The van der Waals surface area contributed by atoms with Crippen LogP contribution in [0.15, 0.2) is 12.2 Å². The smallest absolute Gasteiger partial charge is 0.0948 e. The molecule has 0 radical (unpaired) electrons. The molecule has 11 heavy (non-hydrogen) atoms. The molecule has 54 valence electrons. The Bertz CT molecular complexity index is 255. The van der Waals surface area contributed by atoms with E-state index in [2.05, 4.69) is 12.1 Å². The average molecular weight is 146 g/mol. The van der Waals surface area contributed by atoms with E-state index < -0.39 is 0 Å². The Morgan fingerprint density at radius 1 is 1.00 bits per heavy atom. The van der Waals surface area contributed by atoms with Crippen molar-refractivity contribution in [3.63, 3.8) is 0 Å². The van der Waals surface area contributed by atoms with Crippen LogP contribution in [0.5, 0.6) is 0 Å². The first-order valence-corrected chi connectivity index (χ1v) is 3.50. The normalized spacial score (nSPS) is 45.3. The van der Waals surface area contributed by atoms with Crippen LogP contribution in [-0.2, 0) is 4.74 Å². The Balaban J connectivity index is 2.32. The summed E-state index contributed by atoms with van der Waals surface area (Å²) in [4.78, 5) is 0. The molecule has 1 saturated heterocycles. The molecule has 0 aromatic heterocycles. The van der Waals surface area contributed by atoms with Gasteiger partial charge in [-0.2, -0.15) is 10.5 Å². The summed E-state index contributed by atoms with van der Waals surface area (Å²) in [5.74, 6) is -0.509. The third kappa shape index (κ3) is 0.691. The average Bonchev–Trinajstić information content (AvgIpc) is 2.60. The Kier molecular flexibility index (Phi) is 1.21. The Hall–Kier alpha value is -1.32. The molecule has 0 unspecified atom stereocenters. The number of rotatable bonds is 0. The zero-order chi connectivity index (χ0) is 7.84. The van der Waals surface area contributed by atoms with Gasteiger partial charge in [0.15, 0.2) is 0 Å². The molecule has 0 N–H and O–H groups in total. The Morgan fingerprint density at radius 3 is 1.82 bits per heavy atom. The monoisotopic (exact) mass is 146 g/mol. The second-order valence-corrected chi connectivity index (χ2v) is 2.76. The van der Waals surface area contributed by atoms with E-state index in [1.807, 2.05) is 12.2 Å². The van der Waals surface area contributed by atoms with Gasteiger partial charge in [-0.25, -0.2) is 0 Å². The number of ether oxygens (including phenoxy) is 1. The van der Waals surface area contributed by atoms with Gasteiger partial charge in [-0.1, -0.05) is 12.2 Å². The van der Waals surface area contributed by atoms with Gasteiger partial charge in [-0.05, 0) is 0 Å². The minimum absolute atomic E-state index is 0.130. The fraction of sp³-hybridized carbons (Fsp3) is 0.500. The summed E-state index contributed by atoms with van der Waals surface area (Å²) < 4.78 is 5.32. The maximum atomic E-state index is 8.67. The SMILES string of the molecule is N#C[C@H]1[C@H](C#N)[C@H]2C=C[C@@H]1O2. The number of nitrogens with zero attached hydrogens (tertiary/aromatic N) is 2. The van der Waals surface area contributed by atoms with Crippen LogP contribution >= 0.6 is 0 Å². The van der Waals surface area contributed by atoms with E-state index in [0.29, 0.717) is 0 Å². The van der Waals surface area contributed by atoms with Gasteiger partial charge in [-0.15, -0.1) is 0 Å². The van der Waals surface area contributed by atoms with Crippen molar-refractivity contribution in [1.29, 1.82) is 10.5 Å².